The highest BCUT2D eigenvalue weighted by molar-refractivity contribution is 5.35. The monoisotopic (exact) mass is 215 g/mol. The van der Waals surface area contributed by atoms with Gasteiger partial charge in [0.15, 0.2) is 0 Å². The number of phenolic OH excluding ortho intramolecular Hbond substituents is 1. The second-order valence-electron chi connectivity index (χ2n) is 3.62. The number of para-hydroxylation sites is 1. The van der Waals surface area contributed by atoms with E-state index in [-0.39, 0.29) is 23.8 Å². The summed E-state index contributed by atoms with van der Waals surface area (Å²) in [7, 11) is 1.63. The summed E-state index contributed by atoms with van der Waals surface area (Å²) in [6, 6.07) is 5.23. The molecule has 15 heavy (non-hydrogen) atoms. The lowest BCUT2D eigenvalue weighted by atomic mass is 10.0. The molecule has 0 amide bonds. The summed E-state index contributed by atoms with van der Waals surface area (Å²) in [4.78, 5) is 0. The Bertz CT molecular complexity index is 328. The normalized spacial score (nSPS) is 13.9. The van der Waals surface area contributed by atoms with E-state index < -0.39 is 5.92 Å². The number of rotatable bonds is 4. The van der Waals surface area contributed by atoms with E-state index in [1.807, 2.05) is 0 Å². The number of phenols is 1. The molecule has 1 atom stereocenters. The van der Waals surface area contributed by atoms with Crippen LogP contribution in [0.3, 0.4) is 0 Å². The molecule has 0 saturated heterocycles. The Hall–Kier alpha value is -1.16. The second-order valence-corrected chi connectivity index (χ2v) is 3.62. The van der Waals surface area contributed by atoms with Gasteiger partial charge in [0.05, 0.1) is 5.56 Å². The fourth-order valence-corrected chi connectivity index (χ4v) is 1.38. The average Bonchev–Trinajstić information content (AvgIpc) is 2.17. The van der Waals surface area contributed by atoms with Crippen LogP contribution in [0.15, 0.2) is 24.3 Å². The topological polar surface area (TPSA) is 32.3 Å². The molecule has 0 aromatic heterocycles. The summed E-state index contributed by atoms with van der Waals surface area (Å²) >= 11 is 0. The zero-order chi connectivity index (χ0) is 11.5. The lowest BCUT2D eigenvalue weighted by Gasteiger charge is -2.21. The van der Waals surface area contributed by atoms with E-state index in [1.54, 1.807) is 14.0 Å². The summed E-state index contributed by atoms with van der Waals surface area (Å²) in [6.07, 6.45) is -0.332. The Morgan fingerprint density at radius 3 is 2.53 bits per heavy atom. The van der Waals surface area contributed by atoms with Gasteiger partial charge in [-0.05, 0) is 26.1 Å². The molecule has 84 valence electrons. The van der Waals surface area contributed by atoms with Gasteiger partial charge in [0.25, 0.3) is 5.92 Å². The highest BCUT2D eigenvalue weighted by Gasteiger charge is 2.35. The Morgan fingerprint density at radius 2 is 2.00 bits per heavy atom. The lowest BCUT2D eigenvalue weighted by Crippen LogP contribution is -2.29. The van der Waals surface area contributed by atoms with E-state index in [0.29, 0.717) is 0 Å². The molecule has 0 aliphatic rings. The molecule has 2 N–H and O–H groups in total. The van der Waals surface area contributed by atoms with E-state index in [9.17, 15) is 13.9 Å². The molecule has 0 radical (unpaired) electrons. The van der Waals surface area contributed by atoms with E-state index >= 15 is 0 Å². The summed E-state index contributed by atoms with van der Waals surface area (Å²) in [5.41, 5.74) is -0.313. The molecule has 0 aliphatic carbocycles. The third-order valence-corrected chi connectivity index (χ3v) is 2.35. The minimum absolute atomic E-state index is 0.306. The molecule has 1 aromatic rings. The summed E-state index contributed by atoms with van der Waals surface area (Å²) < 4.78 is 27.3. The van der Waals surface area contributed by atoms with Crippen LogP contribution in [-0.2, 0) is 5.92 Å². The van der Waals surface area contributed by atoms with Gasteiger partial charge < -0.3 is 10.4 Å². The maximum Gasteiger partial charge on any atom is 0.278 e. The first-order valence-electron chi connectivity index (χ1n) is 4.81. The van der Waals surface area contributed by atoms with Crippen LogP contribution in [0.25, 0.3) is 0 Å². The molecular weight excluding hydrogens is 200 g/mol. The van der Waals surface area contributed by atoms with Gasteiger partial charge in [-0.2, -0.15) is 0 Å². The summed E-state index contributed by atoms with van der Waals surface area (Å²) in [5, 5.41) is 12.1. The highest BCUT2D eigenvalue weighted by Crippen LogP contribution is 2.37. The Kier molecular flexibility index (Phi) is 3.63. The lowest BCUT2D eigenvalue weighted by molar-refractivity contribution is -0.0225. The SMILES string of the molecule is CNC(C)CC(F)(F)c1ccccc1O. The van der Waals surface area contributed by atoms with Gasteiger partial charge in [0, 0.05) is 12.5 Å². The summed E-state index contributed by atoms with van der Waals surface area (Å²) in [5.74, 6) is -3.36. The highest BCUT2D eigenvalue weighted by atomic mass is 19.3. The van der Waals surface area contributed by atoms with Crippen LogP contribution < -0.4 is 5.32 Å². The molecule has 0 aliphatic heterocycles. The maximum atomic E-state index is 13.7. The molecule has 0 bridgehead atoms. The number of halogens is 2. The van der Waals surface area contributed by atoms with Crippen molar-refractivity contribution in [1.82, 2.24) is 5.32 Å². The van der Waals surface area contributed by atoms with E-state index in [2.05, 4.69) is 5.32 Å². The first-order chi connectivity index (χ1) is 6.97. The predicted molar refractivity (Wildman–Crippen MR) is 55.1 cm³/mol. The number of hydrogen-bond acceptors (Lipinski definition) is 2. The third-order valence-electron chi connectivity index (χ3n) is 2.35. The second kappa shape index (κ2) is 4.57. The van der Waals surface area contributed by atoms with Crippen LogP contribution in [-0.4, -0.2) is 18.2 Å². The average molecular weight is 215 g/mol. The van der Waals surface area contributed by atoms with Gasteiger partial charge >= 0.3 is 0 Å². The first kappa shape index (κ1) is 11.9. The number of benzene rings is 1. The van der Waals surface area contributed by atoms with Crippen LogP contribution in [0.5, 0.6) is 5.75 Å². The minimum atomic E-state index is -3.01. The van der Waals surface area contributed by atoms with Gasteiger partial charge in [-0.15, -0.1) is 0 Å². The van der Waals surface area contributed by atoms with Gasteiger partial charge in [0.2, 0.25) is 0 Å². The Morgan fingerprint density at radius 1 is 1.40 bits per heavy atom. The van der Waals surface area contributed by atoms with Gasteiger partial charge in [-0.3, -0.25) is 0 Å². The smallest absolute Gasteiger partial charge is 0.278 e. The quantitative estimate of drug-likeness (QED) is 0.808. The molecular formula is C11H15F2NO. The van der Waals surface area contributed by atoms with Crippen LogP contribution in [0.2, 0.25) is 0 Å². The summed E-state index contributed by atoms with van der Waals surface area (Å²) in [6.45, 7) is 1.67. The number of alkyl halides is 2. The van der Waals surface area contributed by atoms with Crippen LogP contribution in [0, 0.1) is 0 Å². The zero-order valence-electron chi connectivity index (χ0n) is 8.80. The molecule has 4 heteroatoms. The van der Waals surface area contributed by atoms with E-state index in [0.717, 1.165) is 0 Å². The number of nitrogens with one attached hydrogen (secondary N) is 1. The van der Waals surface area contributed by atoms with Crippen molar-refractivity contribution >= 4 is 0 Å². The third kappa shape index (κ3) is 2.89. The van der Waals surface area contributed by atoms with E-state index in [4.69, 9.17) is 0 Å². The van der Waals surface area contributed by atoms with Gasteiger partial charge in [-0.1, -0.05) is 12.1 Å². The molecule has 1 rings (SSSR count). The molecule has 0 saturated carbocycles. The Balaban J connectivity index is 2.90. The van der Waals surface area contributed by atoms with E-state index in [1.165, 1.54) is 24.3 Å². The van der Waals surface area contributed by atoms with Crippen LogP contribution in [0.1, 0.15) is 18.9 Å². The molecule has 1 unspecified atom stereocenters. The van der Waals surface area contributed by atoms with Crippen molar-refractivity contribution in [1.29, 1.82) is 0 Å². The van der Waals surface area contributed by atoms with Crippen LogP contribution >= 0.6 is 0 Å². The van der Waals surface area contributed by atoms with Crippen molar-refractivity contribution in [3.05, 3.63) is 29.8 Å². The fraction of sp³-hybridized carbons (Fsp3) is 0.455. The zero-order valence-corrected chi connectivity index (χ0v) is 8.80. The molecule has 0 spiro atoms. The minimum Gasteiger partial charge on any atom is -0.507 e. The Labute approximate surface area is 87.9 Å². The van der Waals surface area contributed by atoms with Crippen molar-refractivity contribution < 1.29 is 13.9 Å². The maximum absolute atomic E-state index is 13.7. The first-order valence-corrected chi connectivity index (χ1v) is 4.81. The standard InChI is InChI=1S/C11H15F2NO/c1-8(14-2)7-11(12,13)9-5-3-4-6-10(9)15/h3-6,8,14-15H,7H2,1-2H3. The molecule has 1 aromatic carbocycles. The van der Waals surface area contributed by atoms with Crippen molar-refractivity contribution in [2.75, 3.05) is 7.05 Å². The van der Waals surface area contributed by atoms with Crippen LogP contribution in [0.4, 0.5) is 8.78 Å². The number of hydrogen-bond donors (Lipinski definition) is 2. The predicted octanol–water partition coefficient (Wildman–Crippen LogP) is 2.48. The van der Waals surface area contributed by atoms with Crippen molar-refractivity contribution in [3.63, 3.8) is 0 Å². The van der Waals surface area contributed by atoms with Crippen molar-refractivity contribution in [3.8, 4) is 5.75 Å². The fourth-order valence-electron chi connectivity index (χ4n) is 1.38. The number of aromatic hydroxyl groups is 1. The van der Waals surface area contributed by atoms with Gasteiger partial charge in [0.1, 0.15) is 5.75 Å². The molecule has 2 nitrogen and oxygen atoms in total. The molecule has 0 heterocycles. The van der Waals surface area contributed by atoms with Gasteiger partial charge in [-0.25, -0.2) is 8.78 Å². The largest absolute Gasteiger partial charge is 0.507 e. The van der Waals surface area contributed by atoms with Crippen molar-refractivity contribution in [2.45, 2.75) is 25.3 Å². The van der Waals surface area contributed by atoms with Crippen molar-refractivity contribution in [2.24, 2.45) is 0 Å². The molecule has 0 fully saturated rings.